The van der Waals surface area contributed by atoms with Crippen molar-refractivity contribution in [2.24, 2.45) is 0 Å². The van der Waals surface area contributed by atoms with Crippen molar-refractivity contribution in [1.29, 1.82) is 0 Å². The molecule has 0 bridgehead atoms. The Labute approximate surface area is 132 Å². The molecule has 0 radical (unpaired) electrons. The number of carbonyl (C=O) groups excluding carboxylic acids is 1. The van der Waals surface area contributed by atoms with Gasteiger partial charge in [0.15, 0.2) is 11.5 Å². The fourth-order valence-corrected chi connectivity index (χ4v) is 2.74. The average molecular weight is 306 g/mol. The maximum absolute atomic E-state index is 12.2. The predicted octanol–water partition coefficient (Wildman–Crippen LogP) is 1.98. The van der Waals surface area contributed by atoms with Crippen LogP contribution in [-0.4, -0.2) is 50.7 Å². The molecule has 1 fully saturated rings. The molecule has 0 unspecified atom stereocenters. The molecule has 1 aromatic rings. The number of ether oxygens (including phenoxy) is 2. The number of likely N-dealkylation sites (N-methyl/N-ethyl adjacent to an activating group) is 1. The summed E-state index contributed by atoms with van der Waals surface area (Å²) in [5.41, 5.74) is 1.12. The average Bonchev–Trinajstić information content (AvgIpc) is 2.56. The Balaban J connectivity index is 1.82. The van der Waals surface area contributed by atoms with Crippen molar-refractivity contribution in [1.82, 2.24) is 10.2 Å². The number of benzene rings is 1. The first-order valence-corrected chi connectivity index (χ1v) is 7.86. The molecular weight excluding hydrogens is 280 g/mol. The molecule has 1 saturated heterocycles. The van der Waals surface area contributed by atoms with Crippen LogP contribution in [0.15, 0.2) is 18.2 Å². The molecule has 1 aliphatic rings. The fraction of sp³-hybridized carbons (Fsp3) is 0.588. The van der Waals surface area contributed by atoms with Crippen LogP contribution in [0.5, 0.6) is 11.5 Å². The number of likely N-dealkylation sites (tertiary alicyclic amines) is 1. The summed E-state index contributed by atoms with van der Waals surface area (Å²) in [6, 6.07) is 6.20. The molecule has 5 heteroatoms. The Morgan fingerprint density at radius 1 is 1.41 bits per heavy atom. The molecule has 1 amide bonds. The lowest BCUT2D eigenvalue weighted by atomic mass is 10.1. The first-order valence-electron chi connectivity index (χ1n) is 7.86. The summed E-state index contributed by atoms with van der Waals surface area (Å²) in [5.74, 6) is 1.55. The highest BCUT2D eigenvalue weighted by atomic mass is 16.5. The molecule has 0 saturated carbocycles. The molecule has 22 heavy (non-hydrogen) atoms. The second-order valence-corrected chi connectivity index (χ2v) is 5.72. The van der Waals surface area contributed by atoms with E-state index in [0.717, 1.165) is 31.5 Å². The highest BCUT2D eigenvalue weighted by molar-refractivity contribution is 5.76. The summed E-state index contributed by atoms with van der Waals surface area (Å²) in [5, 5.41) is 3.25. The molecule has 122 valence electrons. The van der Waals surface area contributed by atoms with Crippen molar-refractivity contribution in [3.63, 3.8) is 0 Å². The summed E-state index contributed by atoms with van der Waals surface area (Å²) in [4.78, 5) is 14.2. The number of hydrogen-bond acceptors (Lipinski definition) is 4. The monoisotopic (exact) mass is 306 g/mol. The largest absolute Gasteiger partial charge is 0.493 e. The lowest BCUT2D eigenvalue weighted by Crippen LogP contribution is -2.47. The third-order valence-electron chi connectivity index (χ3n) is 4.07. The van der Waals surface area contributed by atoms with Gasteiger partial charge in [-0.1, -0.05) is 6.07 Å². The van der Waals surface area contributed by atoms with Gasteiger partial charge in [0.1, 0.15) is 0 Å². The number of carbonyl (C=O) groups is 1. The van der Waals surface area contributed by atoms with Crippen LogP contribution in [0, 0.1) is 6.92 Å². The summed E-state index contributed by atoms with van der Waals surface area (Å²) < 4.78 is 11.0. The quantitative estimate of drug-likeness (QED) is 0.873. The first kappa shape index (κ1) is 16.6. The third kappa shape index (κ3) is 4.37. The maximum atomic E-state index is 12.2. The van der Waals surface area contributed by atoms with Crippen molar-refractivity contribution >= 4 is 5.91 Å². The van der Waals surface area contributed by atoms with Crippen molar-refractivity contribution < 1.29 is 14.3 Å². The van der Waals surface area contributed by atoms with E-state index in [4.69, 9.17) is 9.47 Å². The number of methoxy groups -OCH3 is 1. The Hall–Kier alpha value is -1.75. The van der Waals surface area contributed by atoms with Crippen LogP contribution in [0.3, 0.4) is 0 Å². The minimum absolute atomic E-state index is 0.158. The SMILES string of the molecule is CN[C@H]1CCCN(C(=O)CCOc2ccc(C)cc2OC)C1. The minimum Gasteiger partial charge on any atom is -0.493 e. The van der Waals surface area contributed by atoms with Crippen LogP contribution in [0.25, 0.3) is 0 Å². The smallest absolute Gasteiger partial charge is 0.226 e. The van der Waals surface area contributed by atoms with Crippen LogP contribution in [0.4, 0.5) is 0 Å². The molecule has 1 aromatic carbocycles. The van der Waals surface area contributed by atoms with E-state index in [1.165, 1.54) is 0 Å². The van der Waals surface area contributed by atoms with Crippen molar-refractivity contribution in [3.05, 3.63) is 23.8 Å². The standard InChI is InChI=1S/C17H26N2O3/c1-13-6-7-15(16(11-13)21-3)22-10-8-17(20)19-9-4-5-14(12-19)18-2/h6-7,11,14,18H,4-5,8-10,12H2,1-3H3/t14-/m0/s1. The van der Waals surface area contributed by atoms with E-state index >= 15 is 0 Å². The van der Waals surface area contributed by atoms with E-state index in [-0.39, 0.29) is 5.91 Å². The van der Waals surface area contributed by atoms with Crippen molar-refractivity contribution in [2.75, 3.05) is 33.9 Å². The number of aryl methyl sites for hydroxylation is 1. The van der Waals surface area contributed by atoms with E-state index in [1.54, 1.807) is 7.11 Å². The van der Waals surface area contributed by atoms with Gasteiger partial charge in [0, 0.05) is 19.1 Å². The lowest BCUT2D eigenvalue weighted by molar-refractivity contribution is -0.133. The third-order valence-corrected chi connectivity index (χ3v) is 4.07. The van der Waals surface area contributed by atoms with Gasteiger partial charge in [-0.05, 0) is 44.5 Å². The van der Waals surface area contributed by atoms with Gasteiger partial charge in [-0.3, -0.25) is 4.79 Å². The predicted molar refractivity (Wildman–Crippen MR) is 86.5 cm³/mol. The van der Waals surface area contributed by atoms with Gasteiger partial charge in [0.05, 0.1) is 20.1 Å². The van der Waals surface area contributed by atoms with E-state index in [0.29, 0.717) is 30.6 Å². The summed E-state index contributed by atoms with van der Waals surface area (Å²) >= 11 is 0. The summed E-state index contributed by atoms with van der Waals surface area (Å²) in [6.07, 6.45) is 2.59. The molecule has 5 nitrogen and oxygen atoms in total. The number of amides is 1. The van der Waals surface area contributed by atoms with Gasteiger partial charge in [-0.2, -0.15) is 0 Å². The Morgan fingerprint density at radius 3 is 2.95 bits per heavy atom. The highest BCUT2D eigenvalue weighted by Crippen LogP contribution is 2.27. The summed E-state index contributed by atoms with van der Waals surface area (Å²) in [6.45, 7) is 4.03. The van der Waals surface area contributed by atoms with Gasteiger partial charge in [0.25, 0.3) is 0 Å². The lowest BCUT2D eigenvalue weighted by Gasteiger charge is -2.32. The maximum Gasteiger partial charge on any atom is 0.226 e. The molecule has 1 aliphatic heterocycles. The van der Waals surface area contributed by atoms with Crippen molar-refractivity contribution in [3.8, 4) is 11.5 Å². The van der Waals surface area contributed by atoms with Crippen molar-refractivity contribution in [2.45, 2.75) is 32.2 Å². The molecule has 0 aliphatic carbocycles. The van der Waals surface area contributed by atoms with Gasteiger partial charge in [-0.25, -0.2) is 0 Å². The Kier molecular flexibility index (Phi) is 6.07. The summed E-state index contributed by atoms with van der Waals surface area (Å²) in [7, 11) is 3.57. The van der Waals surface area contributed by atoms with E-state index in [1.807, 2.05) is 37.1 Å². The van der Waals surface area contributed by atoms with Gasteiger partial charge in [0.2, 0.25) is 5.91 Å². The second kappa shape index (κ2) is 8.03. The number of hydrogen-bond donors (Lipinski definition) is 1. The van der Waals surface area contributed by atoms with Gasteiger partial charge < -0.3 is 19.7 Å². The van der Waals surface area contributed by atoms with Crippen LogP contribution >= 0.6 is 0 Å². The van der Waals surface area contributed by atoms with Crippen LogP contribution in [0.2, 0.25) is 0 Å². The Bertz CT molecular complexity index is 505. The molecule has 0 aromatic heterocycles. The number of piperidine rings is 1. The zero-order valence-electron chi connectivity index (χ0n) is 13.7. The molecule has 0 spiro atoms. The first-order chi connectivity index (χ1) is 10.6. The number of nitrogens with one attached hydrogen (secondary N) is 1. The minimum atomic E-state index is 0.158. The molecule has 1 heterocycles. The van der Waals surface area contributed by atoms with E-state index in [9.17, 15) is 4.79 Å². The highest BCUT2D eigenvalue weighted by Gasteiger charge is 2.22. The van der Waals surface area contributed by atoms with Crippen LogP contribution in [0.1, 0.15) is 24.8 Å². The molecule has 1 atom stereocenters. The van der Waals surface area contributed by atoms with Gasteiger partial charge in [-0.15, -0.1) is 0 Å². The zero-order chi connectivity index (χ0) is 15.9. The second-order valence-electron chi connectivity index (χ2n) is 5.72. The van der Waals surface area contributed by atoms with Crippen LogP contribution in [-0.2, 0) is 4.79 Å². The van der Waals surface area contributed by atoms with Gasteiger partial charge >= 0.3 is 0 Å². The number of rotatable bonds is 6. The Morgan fingerprint density at radius 2 is 2.23 bits per heavy atom. The molecular formula is C17H26N2O3. The molecule has 1 N–H and O–H groups in total. The zero-order valence-corrected chi connectivity index (χ0v) is 13.7. The van der Waals surface area contributed by atoms with E-state index in [2.05, 4.69) is 5.32 Å². The fourth-order valence-electron chi connectivity index (χ4n) is 2.74. The number of nitrogens with zero attached hydrogens (tertiary/aromatic N) is 1. The normalized spacial score (nSPS) is 18.1. The topological polar surface area (TPSA) is 50.8 Å². The van der Waals surface area contributed by atoms with Crippen LogP contribution < -0.4 is 14.8 Å². The molecule has 2 rings (SSSR count). The van der Waals surface area contributed by atoms with E-state index < -0.39 is 0 Å².